The quantitative estimate of drug-likeness (QED) is 0.675. The smallest absolute Gasteiger partial charge is 0.354 e. The van der Waals surface area contributed by atoms with E-state index in [4.69, 9.17) is 16.7 Å². The van der Waals surface area contributed by atoms with Crippen LogP contribution in [0.25, 0.3) is 0 Å². The van der Waals surface area contributed by atoms with Gasteiger partial charge in [0, 0.05) is 5.56 Å². The van der Waals surface area contributed by atoms with Crippen molar-refractivity contribution in [2.45, 2.75) is 13.8 Å². The van der Waals surface area contributed by atoms with Gasteiger partial charge in [0.1, 0.15) is 11.0 Å². The normalized spacial score (nSPS) is 9.92. The fourth-order valence-corrected chi connectivity index (χ4v) is 1.01. The third-order valence-corrected chi connectivity index (χ3v) is 1.77. The van der Waals surface area contributed by atoms with Gasteiger partial charge in [-0.3, -0.25) is 0 Å². The summed E-state index contributed by atoms with van der Waals surface area (Å²) in [5, 5.41) is 8.86. The van der Waals surface area contributed by atoms with Crippen molar-refractivity contribution < 1.29 is 9.90 Å². The van der Waals surface area contributed by atoms with E-state index in [1.807, 2.05) is 0 Å². The number of aryl methyl sites for hydroxylation is 1. The van der Waals surface area contributed by atoms with Crippen molar-refractivity contribution >= 4 is 17.6 Å². The lowest BCUT2D eigenvalue weighted by Gasteiger charge is -2.01. The first-order valence-corrected chi connectivity index (χ1v) is 3.64. The molecule has 1 aromatic heterocycles. The summed E-state index contributed by atoms with van der Waals surface area (Å²) in [6, 6.07) is 0. The van der Waals surface area contributed by atoms with Crippen molar-refractivity contribution in [1.82, 2.24) is 9.97 Å². The Bertz CT molecular complexity index is 338. The van der Waals surface area contributed by atoms with Gasteiger partial charge in [0.05, 0.1) is 0 Å². The van der Waals surface area contributed by atoms with Crippen molar-refractivity contribution in [3.8, 4) is 0 Å². The topological polar surface area (TPSA) is 63.1 Å². The molecule has 0 aliphatic heterocycles. The Morgan fingerprint density at radius 1 is 1.42 bits per heavy atom. The van der Waals surface area contributed by atoms with Gasteiger partial charge in [-0.2, -0.15) is 0 Å². The molecule has 5 heteroatoms. The standard InChI is InChI=1S/C7H7ClN2O2/c1-3-5(7(11)12)9-4(2)10-6(3)8/h1-2H3,(H,11,12). The summed E-state index contributed by atoms with van der Waals surface area (Å²) in [6.07, 6.45) is 0. The zero-order valence-corrected chi connectivity index (χ0v) is 7.38. The van der Waals surface area contributed by atoms with Crippen LogP contribution in [0.5, 0.6) is 0 Å². The zero-order chi connectivity index (χ0) is 9.30. The van der Waals surface area contributed by atoms with Crippen molar-refractivity contribution in [2.75, 3.05) is 0 Å². The highest BCUT2D eigenvalue weighted by Crippen LogP contribution is 2.14. The van der Waals surface area contributed by atoms with Crippen LogP contribution in [0, 0.1) is 13.8 Å². The molecule has 0 bridgehead atoms. The third kappa shape index (κ3) is 1.53. The number of halogens is 1. The molecule has 1 aromatic rings. The van der Waals surface area contributed by atoms with Gasteiger partial charge in [0.2, 0.25) is 0 Å². The van der Waals surface area contributed by atoms with Crippen LogP contribution in [0.2, 0.25) is 5.15 Å². The predicted molar refractivity (Wildman–Crippen MR) is 43.5 cm³/mol. The van der Waals surface area contributed by atoms with E-state index in [1.54, 1.807) is 13.8 Å². The van der Waals surface area contributed by atoms with Gasteiger partial charge in [0.25, 0.3) is 0 Å². The summed E-state index contributed by atoms with van der Waals surface area (Å²) in [5.41, 5.74) is 0.363. The molecule has 1 rings (SSSR count). The molecule has 64 valence electrons. The zero-order valence-electron chi connectivity index (χ0n) is 6.63. The Labute approximate surface area is 74.2 Å². The maximum atomic E-state index is 10.6. The summed E-state index contributed by atoms with van der Waals surface area (Å²) in [4.78, 5) is 18.1. The molecule has 0 radical (unpaired) electrons. The first-order chi connectivity index (χ1) is 5.52. The minimum absolute atomic E-state index is 0.0347. The molecule has 0 aliphatic rings. The van der Waals surface area contributed by atoms with E-state index in [0.29, 0.717) is 11.4 Å². The average Bonchev–Trinajstić information content (AvgIpc) is 1.96. The maximum absolute atomic E-state index is 10.6. The minimum atomic E-state index is -1.08. The monoisotopic (exact) mass is 186 g/mol. The number of rotatable bonds is 1. The van der Waals surface area contributed by atoms with Crippen molar-refractivity contribution in [3.05, 3.63) is 22.2 Å². The molecule has 0 spiro atoms. The van der Waals surface area contributed by atoms with Gasteiger partial charge in [-0.25, -0.2) is 14.8 Å². The highest BCUT2D eigenvalue weighted by Gasteiger charge is 2.12. The second-order valence-electron chi connectivity index (χ2n) is 2.34. The van der Waals surface area contributed by atoms with E-state index >= 15 is 0 Å². The van der Waals surface area contributed by atoms with Gasteiger partial charge < -0.3 is 5.11 Å². The van der Waals surface area contributed by atoms with Gasteiger partial charge in [-0.1, -0.05) is 11.6 Å². The molecular weight excluding hydrogens is 180 g/mol. The van der Waals surface area contributed by atoms with Crippen LogP contribution in [0.1, 0.15) is 21.9 Å². The highest BCUT2D eigenvalue weighted by atomic mass is 35.5. The summed E-state index contributed by atoms with van der Waals surface area (Å²) in [6.45, 7) is 3.17. The Balaban J connectivity index is 3.37. The van der Waals surface area contributed by atoms with Gasteiger partial charge in [-0.05, 0) is 13.8 Å². The second kappa shape index (κ2) is 3.06. The van der Waals surface area contributed by atoms with E-state index < -0.39 is 5.97 Å². The van der Waals surface area contributed by atoms with Crippen LogP contribution in [0.15, 0.2) is 0 Å². The molecule has 0 unspecified atom stereocenters. The molecule has 0 aliphatic carbocycles. The largest absolute Gasteiger partial charge is 0.476 e. The molecule has 0 amide bonds. The lowest BCUT2D eigenvalue weighted by Crippen LogP contribution is -2.06. The van der Waals surface area contributed by atoms with Crippen molar-refractivity contribution in [2.24, 2.45) is 0 Å². The molecule has 0 saturated heterocycles. The van der Waals surface area contributed by atoms with Gasteiger partial charge in [0.15, 0.2) is 5.69 Å². The Hall–Kier alpha value is -1.16. The van der Waals surface area contributed by atoms with Crippen molar-refractivity contribution in [1.29, 1.82) is 0 Å². The molecule has 0 saturated carbocycles. The van der Waals surface area contributed by atoms with Crippen LogP contribution in [0.4, 0.5) is 0 Å². The number of aromatic carboxylic acids is 1. The lowest BCUT2D eigenvalue weighted by atomic mass is 10.2. The van der Waals surface area contributed by atoms with E-state index in [0.717, 1.165) is 0 Å². The Kier molecular flexibility index (Phi) is 2.28. The molecule has 0 atom stereocenters. The molecule has 0 fully saturated rings. The number of hydrogen-bond donors (Lipinski definition) is 1. The number of nitrogens with zero attached hydrogens (tertiary/aromatic N) is 2. The number of aromatic nitrogens is 2. The fraction of sp³-hybridized carbons (Fsp3) is 0.286. The summed E-state index contributed by atoms with van der Waals surface area (Å²) < 4.78 is 0. The van der Waals surface area contributed by atoms with Gasteiger partial charge >= 0.3 is 5.97 Å². The average molecular weight is 187 g/mol. The van der Waals surface area contributed by atoms with E-state index in [-0.39, 0.29) is 10.8 Å². The van der Waals surface area contributed by atoms with Crippen molar-refractivity contribution in [3.63, 3.8) is 0 Å². The van der Waals surface area contributed by atoms with E-state index in [2.05, 4.69) is 9.97 Å². The minimum Gasteiger partial charge on any atom is -0.476 e. The fourth-order valence-electron chi connectivity index (χ4n) is 0.802. The summed E-state index contributed by atoms with van der Waals surface area (Å²) in [5.74, 6) is -0.720. The first-order valence-electron chi connectivity index (χ1n) is 3.26. The number of carboxylic acids is 1. The number of hydrogen-bond acceptors (Lipinski definition) is 3. The molecular formula is C7H7ClN2O2. The Morgan fingerprint density at radius 3 is 2.50 bits per heavy atom. The summed E-state index contributed by atoms with van der Waals surface area (Å²) in [7, 11) is 0. The third-order valence-electron chi connectivity index (χ3n) is 1.40. The molecule has 0 aromatic carbocycles. The summed E-state index contributed by atoms with van der Waals surface area (Å²) >= 11 is 5.65. The predicted octanol–water partition coefficient (Wildman–Crippen LogP) is 1.45. The highest BCUT2D eigenvalue weighted by molar-refractivity contribution is 6.30. The second-order valence-corrected chi connectivity index (χ2v) is 2.70. The Morgan fingerprint density at radius 2 is 2.00 bits per heavy atom. The van der Waals surface area contributed by atoms with E-state index in [9.17, 15) is 4.79 Å². The number of carbonyl (C=O) groups is 1. The first kappa shape index (κ1) is 8.93. The van der Waals surface area contributed by atoms with E-state index in [1.165, 1.54) is 0 Å². The number of carboxylic acid groups (broad SMARTS) is 1. The van der Waals surface area contributed by atoms with Crippen LogP contribution >= 0.6 is 11.6 Å². The molecule has 1 heterocycles. The molecule has 4 nitrogen and oxygen atoms in total. The van der Waals surface area contributed by atoms with Gasteiger partial charge in [-0.15, -0.1) is 0 Å². The van der Waals surface area contributed by atoms with Crippen LogP contribution in [0.3, 0.4) is 0 Å². The maximum Gasteiger partial charge on any atom is 0.354 e. The molecule has 12 heavy (non-hydrogen) atoms. The molecule has 1 N–H and O–H groups in total. The van der Waals surface area contributed by atoms with Crippen LogP contribution in [-0.4, -0.2) is 21.0 Å². The van der Waals surface area contributed by atoms with Crippen LogP contribution < -0.4 is 0 Å². The van der Waals surface area contributed by atoms with Crippen LogP contribution in [-0.2, 0) is 0 Å². The SMILES string of the molecule is Cc1nc(Cl)c(C)c(C(=O)O)n1. The lowest BCUT2D eigenvalue weighted by molar-refractivity contribution is 0.0689.